The number of carbonyl (C=O) groups excluding carboxylic acids is 2. The number of hydrogen-bond acceptors (Lipinski definition) is 6. The third-order valence-electron chi connectivity index (χ3n) is 4.62. The molecule has 0 aromatic carbocycles. The van der Waals surface area contributed by atoms with E-state index in [9.17, 15) is 29.2 Å². The van der Waals surface area contributed by atoms with Gasteiger partial charge in [-0.05, 0) is 30.5 Å². The van der Waals surface area contributed by atoms with Gasteiger partial charge in [0.1, 0.15) is 24.7 Å². The van der Waals surface area contributed by atoms with Crippen LogP contribution in [-0.2, 0) is 25.7 Å². The van der Waals surface area contributed by atoms with E-state index in [0.29, 0.717) is 16.0 Å². The van der Waals surface area contributed by atoms with Gasteiger partial charge in [0.25, 0.3) is 23.1 Å². The van der Waals surface area contributed by atoms with Gasteiger partial charge < -0.3 is 14.8 Å². The minimum absolute atomic E-state index is 0.0755. The van der Waals surface area contributed by atoms with E-state index in [1.165, 1.54) is 38.3 Å². The molecule has 11 heteroatoms. The molecule has 2 heterocycles. The summed E-state index contributed by atoms with van der Waals surface area (Å²) in [5, 5.41) is 27.2. The van der Waals surface area contributed by atoms with Gasteiger partial charge in [-0.1, -0.05) is 18.2 Å². The van der Waals surface area contributed by atoms with Crippen molar-refractivity contribution in [1.29, 1.82) is 5.26 Å². The Hall–Kier alpha value is -4.77. The monoisotopic (exact) mass is 436 g/mol. The number of imide groups is 1. The van der Waals surface area contributed by atoms with Crippen molar-refractivity contribution in [3.05, 3.63) is 73.7 Å². The smallest absolute Gasteiger partial charge is 0.323 e. The number of nitrogens with zero attached hydrogens (tertiary/aromatic N) is 4. The van der Waals surface area contributed by atoms with E-state index in [-0.39, 0.29) is 22.4 Å². The van der Waals surface area contributed by atoms with Crippen molar-refractivity contribution >= 4 is 29.8 Å². The van der Waals surface area contributed by atoms with Gasteiger partial charge in [-0.2, -0.15) is 5.26 Å². The number of carbonyl (C=O) groups is 4. The fraction of sp³-hybridized carbons (Fsp3) is 0.190. The summed E-state index contributed by atoms with van der Waals surface area (Å²) in [6.07, 6.45) is 5.28. The Bertz CT molecular complexity index is 1280. The number of allylic oxidation sites excluding steroid dienone is 2. The number of hydrogen-bond donors (Lipinski definition) is 2. The standard InChI is InChI=1S/C21H16N4O7/c1-11-13(8-24(9-16(26)27)19(30)15(11)7-22)5-4-6-14-12(2)18(23-3)21(32)25(20(14)31)10-17(28)29/h4-6,8H,9-10H2,1-2H3,(H,26,27)(H,28,29)/b5-4+,14-6-. The molecule has 162 valence electrons. The number of carboxylic acids is 2. The molecule has 1 aromatic heterocycles. The van der Waals surface area contributed by atoms with Crippen LogP contribution >= 0.6 is 0 Å². The van der Waals surface area contributed by atoms with Crippen LogP contribution in [0.15, 0.2) is 40.0 Å². The van der Waals surface area contributed by atoms with E-state index in [0.717, 1.165) is 4.57 Å². The lowest BCUT2D eigenvalue weighted by molar-refractivity contribution is -0.149. The molecule has 0 spiro atoms. The quantitative estimate of drug-likeness (QED) is 0.374. The highest BCUT2D eigenvalue weighted by Gasteiger charge is 2.36. The minimum Gasteiger partial charge on any atom is -0.480 e. The second-order valence-corrected chi connectivity index (χ2v) is 6.64. The molecule has 0 aliphatic carbocycles. The van der Waals surface area contributed by atoms with E-state index in [2.05, 4.69) is 4.85 Å². The number of rotatable bonds is 6. The van der Waals surface area contributed by atoms with Crippen molar-refractivity contribution in [1.82, 2.24) is 9.47 Å². The third-order valence-corrected chi connectivity index (χ3v) is 4.62. The van der Waals surface area contributed by atoms with Gasteiger partial charge in [0, 0.05) is 11.8 Å². The van der Waals surface area contributed by atoms with E-state index in [1.807, 2.05) is 0 Å². The molecule has 0 unspecified atom stereocenters. The van der Waals surface area contributed by atoms with Crippen LogP contribution in [0.5, 0.6) is 0 Å². The topological polar surface area (TPSA) is 162 Å². The van der Waals surface area contributed by atoms with Crippen LogP contribution in [0, 0.1) is 24.8 Å². The average Bonchev–Trinajstić information content (AvgIpc) is 2.71. The number of pyridine rings is 1. The highest BCUT2D eigenvalue weighted by atomic mass is 16.4. The van der Waals surface area contributed by atoms with Crippen molar-refractivity contribution in [3.8, 4) is 6.07 Å². The predicted molar refractivity (Wildman–Crippen MR) is 109 cm³/mol. The van der Waals surface area contributed by atoms with E-state index >= 15 is 0 Å². The molecule has 0 fully saturated rings. The Morgan fingerprint density at radius 1 is 1.16 bits per heavy atom. The molecule has 0 atom stereocenters. The lowest BCUT2D eigenvalue weighted by Gasteiger charge is -2.26. The lowest BCUT2D eigenvalue weighted by atomic mass is 9.98. The summed E-state index contributed by atoms with van der Waals surface area (Å²) in [5.41, 5.74) is -0.762. The Morgan fingerprint density at radius 2 is 1.78 bits per heavy atom. The Balaban J connectivity index is 2.57. The Morgan fingerprint density at radius 3 is 2.31 bits per heavy atom. The second kappa shape index (κ2) is 9.36. The molecule has 1 aliphatic rings. The van der Waals surface area contributed by atoms with Crippen LogP contribution in [0.25, 0.3) is 10.9 Å². The molecule has 0 saturated carbocycles. The fourth-order valence-electron chi connectivity index (χ4n) is 3.00. The van der Waals surface area contributed by atoms with Gasteiger partial charge in [0.2, 0.25) is 0 Å². The van der Waals surface area contributed by atoms with E-state index < -0.39 is 42.4 Å². The van der Waals surface area contributed by atoms with Gasteiger partial charge in [-0.3, -0.25) is 28.9 Å². The Kier molecular flexibility index (Phi) is 6.88. The van der Waals surface area contributed by atoms with Crippen molar-refractivity contribution in [2.24, 2.45) is 0 Å². The minimum atomic E-state index is -1.43. The first kappa shape index (κ1) is 23.5. The largest absolute Gasteiger partial charge is 0.480 e. The summed E-state index contributed by atoms with van der Waals surface area (Å²) < 4.78 is 0.863. The first-order valence-corrected chi connectivity index (χ1v) is 8.94. The normalized spacial score (nSPS) is 15.2. The Labute approximate surface area is 181 Å². The van der Waals surface area contributed by atoms with Crippen LogP contribution < -0.4 is 5.56 Å². The zero-order chi connectivity index (χ0) is 24.2. The second-order valence-electron chi connectivity index (χ2n) is 6.64. The van der Waals surface area contributed by atoms with Gasteiger partial charge in [0.15, 0.2) is 0 Å². The van der Waals surface area contributed by atoms with E-state index in [1.54, 1.807) is 6.07 Å². The van der Waals surface area contributed by atoms with Crippen molar-refractivity contribution in [2.45, 2.75) is 20.4 Å². The SMILES string of the molecule is [C-]#[N+]C1=C(C)/C(=C/C=C/c2cn(CC(=O)O)c(=O)c(C#N)c2C)C(=O)N(CC(=O)O)C1=O. The number of aliphatic carboxylic acids is 2. The van der Waals surface area contributed by atoms with Gasteiger partial charge in [0.05, 0.1) is 6.57 Å². The molecule has 0 bridgehead atoms. The summed E-state index contributed by atoms with van der Waals surface area (Å²) >= 11 is 0. The first-order valence-electron chi connectivity index (χ1n) is 8.94. The summed E-state index contributed by atoms with van der Waals surface area (Å²) in [6.45, 7) is 8.49. The van der Waals surface area contributed by atoms with Gasteiger partial charge in [-0.15, -0.1) is 0 Å². The molecule has 2 rings (SSSR count). The maximum absolute atomic E-state index is 12.6. The number of aromatic nitrogens is 1. The first-order chi connectivity index (χ1) is 15.0. The number of nitriles is 1. The molecular weight excluding hydrogens is 420 g/mol. The molecule has 2 N–H and O–H groups in total. The maximum atomic E-state index is 12.6. The zero-order valence-electron chi connectivity index (χ0n) is 16.9. The average molecular weight is 436 g/mol. The third kappa shape index (κ3) is 4.52. The van der Waals surface area contributed by atoms with Crippen molar-refractivity contribution in [2.75, 3.05) is 6.54 Å². The predicted octanol–water partition coefficient (Wildman–Crippen LogP) is 0.699. The molecule has 11 nitrogen and oxygen atoms in total. The van der Waals surface area contributed by atoms with Crippen LogP contribution in [0.4, 0.5) is 0 Å². The molecule has 0 radical (unpaired) electrons. The van der Waals surface area contributed by atoms with Gasteiger partial charge in [-0.25, -0.2) is 4.85 Å². The summed E-state index contributed by atoms with van der Waals surface area (Å²) in [6, 6.07) is 1.74. The van der Waals surface area contributed by atoms with Crippen LogP contribution in [0.1, 0.15) is 23.6 Å². The highest BCUT2D eigenvalue weighted by Crippen LogP contribution is 2.26. The lowest BCUT2D eigenvalue weighted by Crippen LogP contribution is -2.45. The van der Waals surface area contributed by atoms with Crippen molar-refractivity contribution in [3.63, 3.8) is 0 Å². The summed E-state index contributed by atoms with van der Waals surface area (Å²) in [7, 11) is 0. The van der Waals surface area contributed by atoms with Crippen molar-refractivity contribution < 1.29 is 29.4 Å². The van der Waals surface area contributed by atoms with Crippen LogP contribution in [0.2, 0.25) is 0 Å². The molecule has 1 aromatic rings. The van der Waals surface area contributed by atoms with E-state index in [4.69, 9.17) is 16.8 Å². The molecule has 1 aliphatic heterocycles. The zero-order valence-corrected chi connectivity index (χ0v) is 16.9. The number of carboxylic acid groups (broad SMARTS) is 2. The molecular formula is C21H16N4O7. The van der Waals surface area contributed by atoms with Crippen LogP contribution in [-0.4, -0.2) is 50.0 Å². The molecule has 2 amide bonds. The molecule has 0 saturated heterocycles. The summed E-state index contributed by atoms with van der Waals surface area (Å²) in [4.78, 5) is 62.6. The fourth-order valence-corrected chi connectivity index (χ4v) is 3.00. The summed E-state index contributed by atoms with van der Waals surface area (Å²) in [5.74, 6) is -4.59. The highest BCUT2D eigenvalue weighted by molar-refractivity contribution is 6.18. The van der Waals surface area contributed by atoms with Crippen LogP contribution in [0.3, 0.4) is 0 Å². The van der Waals surface area contributed by atoms with Gasteiger partial charge >= 0.3 is 11.9 Å². The maximum Gasteiger partial charge on any atom is 0.323 e. The molecule has 32 heavy (non-hydrogen) atoms. The number of amides is 2.